The monoisotopic (exact) mass is 197 g/mol. The number of aromatic nitrogens is 2. The molecule has 0 bridgehead atoms. The molecule has 0 spiro atoms. The number of nitrogens with zero attached hydrogens (tertiary/aromatic N) is 1. The second-order valence-corrected chi connectivity index (χ2v) is 2.65. The van der Waals surface area contributed by atoms with Gasteiger partial charge in [-0.3, -0.25) is 5.10 Å². The molecule has 0 aliphatic heterocycles. The molecule has 0 radical (unpaired) electrons. The van der Waals surface area contributed by atoms with Crippen molar-refractivity contribution in [3.05, 3.63) is 3.95 Å². The Morgan fingerprint density at radius 2 is 2.38 bits per heavy atom. The molecule has 0 atom stereocenters. The summed E-state index contributed by atoms with van der Waals surface area (Å²) in [4.78, 5) is 0. The van der Waals surface area contributed by atoms with Gasteiger partial charge in [0.15, 0.2) is 3.95 Å². The molecular weight excluding hydrogens is 196 g/mol. The van der Waals surface area contributed by atoms with Gasteiger partial charge in [-0.15, -0.1) is 5.10 Å². The van der Waals surface area contributed by atoms with Crippen LogP contribution >= 0.6 is 23.6 Å². The van der Waals surface area contributed by atoms with Gasteiger partial charge in [0.05, 0.1) is 0 Å². The fourth-order valence-corrected chi connectivity index (χ4v) is 0.916. The SMILES string of the molecule is Nc1n[nH]c(=S)s1.[Zn]. The first-order valence-electron chi connectivity index (χ1n) is 1.60. The van der Waals surface area contributed by atoms with Crippen LogP contribution in [-0.4, -0.2) is 10.2 Å². The van der Waals surface area contributed by atoms with Crippen LogP contribution in [0.3, 0.4) is 0 Å². The zero-order valence-electron chi connectivity index (χ0n) is 4.05. The van der Waals surface area contributed by atoms with Gasteiger partial charge in [-0.2, -0.15) is 0 Å². The third kappa shape index (κ3) is 1.98. The van der Waals surface area contributed by atoms with Crippen LogP contribution < -0.4 is 5.73 Å². The van der Waals surface area contributed by atoms with Crippen molar-refractivity contribution in [2.45, 2.75) is 0 Å². The van der Waals surface area contributed by atoms with Crippen molar-refractivity contribution in [1.29, 1.82) is 0 Å². The summed E-state index contributed by atoms with van der Waals surface area (Å²) in [6.07, 6.45) is 0. The molecule has 0 saturated heterocycles. The standard InChI is InChI=1S/C2H3N3S2.Zn/c3-1-4-5-2(6)7-1;/h(H2,3,4)(H,5,6);. The number of nitrogens with one attached hydrogen (secondary N) is 1. The fraction of sp³-hybridized carbons (Fsp3) is 0. The Morgan fingerprint density at radius 1 is 1.75 bits per heavy atom. The summed E-state index contributed by atoms with van der Waals surface area (Å²) in [5.41, 5.74) is 5.19. The molecule has 0 unspecified atom stereocenters. The van der Waals surface area contributed by atoms with E-state index >= 15 is 0 Å². The van der Waals surface area contributed by atoms with Gasteiger partial charge in [0.2, 0.25) is 5.13 Å². The molecule has 0 aliphatic carbocycles. The fourth-order valence-electron chi connectivity index (χ4n) is 0.241. The van der Waals surface area contributed by atoms with Gasteiger partial charge >= 0.3 is 0 Å². The third-order valence-electron chi connectivity index (χ3n) is 0.455. The molecule has 3 N–H and O–H groups in total. The smallest absolute Gasteiger partial charge is 0.201 e. The Labute approximate surface area is 68.1 Å². The predicted molar refractivity (Wildman–Crippen MR) is 31.7 cm³/mol. The molecule has 1 aromatic heterocycles. The number of hydrogen-bond donors (Lipinski definition) is 2. The van der Waals surface area contributed by atoms with Gasteiger partial charge in [-0.1, -0.05) is 11.3 Å². The minimum absolute atomic E-state index is 0. The zero-order valence-corrected chi connectivity index (χ0v) is 8.65. The van der Waals surface area contributed by atoms with E-state index in [4.69, 9.17) is 5.73 Å². The molecule has 0 aliphatic rings. The van der Waals surface area contributed by atoms with Gasteiger partial charge in [0.25, 0.3) is 0 Å². The van der Waals surface area contributed by atoms with Crippen molar-refractivity contribution < 1.29 is 19.5 Å². The Hall–Kier alpha value is 0.203. The van der Waals surface area contributed by atoms with Crippen molar-refractivity contribution in [1.82, 2.24) is 10.2 Å². The maximum atomic E-state index is 5.19. The van der Waals surface area contributed by atoms with Crippen LogP contribution in [0.1, 0.15) is 0 Å². The number of nitrogen functional groups attached to an aromatic ring is 1. The van der Waals surface area contributed by atoms with Crippen LogP contribution in [0.4, 0.5) is 5.13 Å². The number of nitrogens with two attached hydrogens (primary N) is 1. The summed E-state index contributed by atoms with van der Waals surface area (Å²) in [6, 6.07) is 0. The first-order valence-corrected chi connectivity index (χ1v) is 2.82. The van der Waals surface area contributed by atoms with Crippen molar-refractivity contribution in [2.24, 2.45) is 0 Å². The van der Waals surface area contributed by atoms with Gasteiger partial charge in [-0.05, 0) is 12.2 Å². The first-order chi connectivity index (χ1) is 3.29. The first kappa shape index (κ1) is 8.20. The van der Waals surface area contributed by atoms with Crippen LogP contribution in [0, 0.1) is 3.95 Å². The molecule has 1 heterocycles. The average Bonchev–Trinajstić information content (AvgIpc) is 1.87. The van der Waals surface area contributed by atoms with Crippen molar-refractivity contribution >= 4 is 28.7 Å². The van der Waals surface area contributed by atoms with Gasteiger partial charge < -0.3 is 5.73 Å². The number of H-pyrrole nitrogens is 1. The zero-order chi connectivity index (χ0) is 5.28. The van der Waals surface area contributed by atoms with Crippen LogP contribution in [0.2, 0.25) is 0 Å². The molecule has 0 aromatic carbocycles. The maximum absolute atomic E-state index is 5.19. The van der Waals surface area contributed by atoms with Crippen LogP contribution in [0.15, 0.2) is 0 Å². The van der Waals surface area contributed by atoms with Crippen LogP contribution in [0.5, 0.6) is 0 Å². The van der Waals surface area contributed by atoms with Crippen molar-refractivity contribution in [2.75, 3.05) is 5.73 Å². The summed E-state index contributed by atoms with van der Waals surface area (Å²) in [5, 5.41) is 6.60. The van der Waals surface area contributed by atoms with Gasteiger partial charge in [0, 0.05) is 19.5 Å². The minimum Gasteiger partial charge on any atom is -0.374 e. The summed E-state index contributed by atoms with van der Waals surface area (Å²) in [5.74, 6) is 0. The Kier molecular flexibility index (Phi) is 3.36. The van der Waals surface area contributed by atoms with Crippen LogP contribution in [-0.2, 0) is 19.5 Å². The number of rotatable bonds is 0. The third-order valence-corrected chi connectivity index (χ3v) is 1.37. The summed E-state index contributed by atoms with van der Waals surface area (Å²) >= 11 is 5.92. The van der Waals surface area contributed by atoms with Crippen molar-refractivity contribution in [3.63, 3.8) is 0 Å². The van der Waals surface area contributed by atoms with Gasteiger partial charge in [-0.25, -0.2) is 0 Å². The second-order valence-electron chi connectivity index (χ2n) is 0.951. The van der Waals surface area contributed by atoms with Gasteiger partial charge in [0.1, 0.15) is 0 Å². The molecule has 6 heteroatoms. The normalized spacial score (nSPS) is 8.00. The average molecular weight is 199 g/mol. The molecule has 40 valence electrons. The van der Waals surface area contributed by atoms with E-state index < -0.39 is 0 Å². The number of anilines is 1. The molecule has 0 saturated carbocycles. The Balaban J connectivity index is 0.000000490. The summed E-state index contributed by atoms with van der Waals surface area (Å²) < 4.78 is 0.623. The predicted octanol–water partition coefficient (Wildman–Crippen LogP) is 0.780. The summed E-state index contributed by atoms with van der Waals surface area (Å²) in [6.45, 7) is 0. The van der Waals surface area contributed by atoms with Crippen molar-refractivity contribution in [3.8, 4) is 0 Å². The quantitative estimate of drug-likeness (QED) is 0.479. The largest absolute Gasteiger partial charge is 0.374 e. The van der Waals surface area contributed by atoms with E-state index in [2.05, 4.69) is 22.4 Å². The molecular formula is C2H3N3S2Zn. The molecule has 0 fully saturated rings. The summed E-state index contributed by atoms with van der Waals surface area (Å²) in [7, 11) is 0. The van der Waals surface area contributed by atoms with E-state index in [1.54, 1.807) is 0 Å². The van der Waals surface area contributed by atoms with Crippen LogP contribution in [0.25, 0.3) is 0 Å². The van der Waals surface area contributed by atoms with E-state index in [1.807, 2.05) is 0 Å². The second kappa shape index (κ2) is 3.27. The Bertz CT molecular complexity index is 203. The molecule has 1 aromatic rings. The van der Waals surface area contributed by atoms with E-state index in [-0.39, 0.29) is 19.5 Å². The maximum Gasteiger partial charge on any atom is 0.201 e. The van der Waals surface area contributed by atoms with E-state index in [0.29, 0.717) is 9.09 Å². The molecule has 8 heavy (non-hydrogen) atoms. The van der Waals surface area contributed by atoms with E-state index in [9.17, 15) is 0 Å². The Morgan fingerprint density at radius 3 is 2.50 bits per heavy atom. The topological polar surface area (TPSA) is 54.7 Å². The molecule has 3 nitrogen and oxygen atoms in total. The number of hydrogen-bond acceptors (Lipinski definition) is 4. The van der Waals surface area contributed by atoms with E-state index in [1.165, 1.54) is 11.3 Å². The molecule has 1 rings (SSSR count). The minimum atomic E-state index is 0. The van der Waals surface area contributed by atoms with E-state index in [0.717, 1.165) is 0 Å². The molecule has 0 amide bonds. The number of aromatic amines is 1.